The highest BCUT2D eigenvalue weighted by Crippen LogP contribution is 2.24. The Labute approximate surface area is 163 Å². The van der Waals surface area contributed by atoms with E-state index in [4.69, 9.17) is 0 Å². The van der Waals surface area contributed by atoms with Crippen LogP contribution in [0.3, 0.4) is 0 Å². The fraction of sp³-hybridized carbons (Fsp3) is 0.300. The highest BCUT2D eigenvalue weighted by atomic mass is 32.2. The summed E-state index contributed by atoms with van der Waals surface area (Å²) in [5.74, 6) is 0.287. The zero-order valence-electron chi connectivity index (χ0n) is 16.0. The van der Waals surface area contributed by atoms with E-state index in [9.17, 15) is 4.79 Å². The monoisotopic (exact) mass is 381 g/mol. The van der Waals surface area contributed by atoms with Gasteiger partial charge in [-0.15, -0.1) is 5.10 Å². The minimum absolute atomic E-state index is 0.0247. The number of anilines is 1. The Morgan fingerprint density at radius 1 is 1.15 bits per heavy atom. The normalized spacial score (nSPS) is 11.0. The number of aryl methyl sites for hydroxylation is 2. The minimum atomic E-state index is 0.0247. The lowest BCUT2D eigenvalue weighted by atomic mass is 10.1. The zero-order valence-corrected chi connectivity index (χ0v) is 16.8. The highest BCUT2D eigenvalue weighted by molar-refractivity contribution is 7.99. The number of carbonyl (C=O) groups is 1. The number of carbonyl (C=O) groups excluding carboxylic acids is 1. The maximum Gasteiger partial charge on any atom is 0.237 e. The second kappa shape index (κ2) is 8.35. The summed E-state index contributed by atoms with van der Waals surface area (Å²) in [6.07, 6.45) is 0. The molecule has 0 saturated carbocycles. The first-order valence-corrected chi connectivity index (χ1v) is 9.82. The molecule has 0 aliphatic carbocycles. The molecular formula is C20H23N5OS. The molecule has 0 N–H and O–H groups in total. The van der Waals surface area contributed by atoms with Crippen molar-refractivity contribution in [3.05, 3.63) is 59.7 Å². The SMILES string of the molecule is Cc1ccc(C)c(-n2nnnc2SCC(=O)N(c2ccccc2)C(C)C)c1. The Morgan fingerprint density at radius 2 is 1.89 bits per heavy atom. The predicted molar refractivity (Wildman–Crippen MR) is 108 cm³/mol. The van der Waals surface area contributed by atoms with Gasteiger partial charge in [0.25, 0.3) is 0 Å². The second-order valence-electron chi connectivity index (χ2n) is 6.64. The number of hydrogen-bond donors (Lipinski definition) is 0. The average molecular weight is 382 g/mol. The Hall–Kier alpha value is -2.67. The topological polar surface area (TPSA) is 63.9 Å². The van der Waals surface area contributed by atoms with Gasteiger partial charge in [-0.25, -0.2) is 0 Å². The molecule has 0 atom stereocenters. The van der Waals surface area contributed by atoms with Crippen molar-refractivity contribution in [1.29, 1.82) is 0 Å². The molecule has 0 unspecified atom stereocenters. The summed E-state index contributed by atoms with van der Waals surface area (Å²) in [6.45, 7) is 8.07. The summed E-state index contributed by atoms with van der Waals surface area (Å²) in [6, 6.07) is 15.9. The number of rotatable bonds is 6. The standard InChI is InChI=1S/C20H23N5OS/c1-14(2)24(17-8-6-5-7-9-17)19(26)13-27-20-21-22-23-25(20)18-12-15(3)10-11-16(18)4/h5-12,14H,13H2,1-4H3. The Morgan fingerprint density at radius 3 is 2.59 bits per heavy atom. The van der Waals surface area contributed by atoms with Crippen LogP contribution in [0.1, 0.15) is 25.0 Å². The van der Waals surface area contributed by atoms with Crippen molar-refractivity contribution in [3.63, 3.8) is 0 Å². The van der Waals surface area contributed by atoms with Crippen molar-refractivity contribution < 1.29 is 4.79 Å². The molecular weight excluding hydrogens is 358 g/mol. The van der Waals surface area contributed by atoms with Gasteiger partial charge in [-0.2, -0.15) is 4.68 Å². The van der Waals surface area contributed by atoms with E-state index in [1.807, 2.05) is 70.2 Å². The van der Waals surface area contributed by atoms with Crippen LogP contribution in [0, 0.1) is 13.8 Å². The van der Waals surface area contributed by atoms with Gasteiger partial charge in [0, 0.05) is 11.7 Å². The number of aromatic nitrogens is 4. The van der Waals surface area contributed by atoms with E-state index in [1.165, 1.54) is 11.8 Å². The van der Waals surface area contributed by atoms with Crippen molar-refractivity contribution >= 4 is 23.4 Å². The Bertz CT molecular complexity index is 923. The van der Waals surface area contributed by atoms with E-state index >= 15 is 0 Å². The quantitative estimate of drug-likeness (QED) is 0.608. The second-order valence-corrected chi connectivity index (χ2v) is 7.59. The molecule has 0 fully saturated rings. The Balaban J connectivity index is 1.78. The predicted octanol–water partition coefficient (Wildman–Crippen LogP) is 3.81. The number of hydrogen-bond acceptors (Lipinski definition) is 5. The van der Waals surface area contributed by atoms with Crippen LogP contribution in [0.5, 0.6) is 0 Å². The first-order chi connectivity index (χ1) is 13.0. The van der Waals surface area contributed by atoms with E-state index in [1.54, 1.807) is 9.58 Å². The van der Waals surface area contributed by atoms with Crippen LogP contribution in [0.4, 0.5) is 5.69 Å². The largest absolute Gasteiger partial charge is 0.309 e. The fourth-order valence-corrected chi connectivity index (χ4v) is 3.63. The summed E-state index contributed by atoms with van der Waals surface area (Å²) >= 11 is 1.35. The van der Waals surface area contributed by atoms with Gasteiger partial charge in [-0.3, -0.25) is 4.79 Å². The van der Waals surface area contributed by atoms with Crippen molar-refractivity contribution in [3.8, 4) is 5.69 Å². The summed E-state index contributed by atoms with van der Waals surface area (Å²) in [5.41, 5.74) is 4.04. The molecule has 2 aromatic carbocycles. The zero-order chi connectivity index (χ0) is 19.4. The molecule has 140 valence electrons. The molecule has 0 spiro atoms. The molecule has 3 aromatic rings. The number of para-hydroxylation sites is 1. The molecule has 1 amide bonds. The smallest absolute Gasteiger partial charge is 0.237 e. The van der Waals surface area contributed by atoms with Crippen LogP contribution in [-0.2, 0) is 4.79 Å². The third kappa shape index (κ3) is 4.36. The molecule has 0 aliphatic heterocycles. The number of nitrogens with zero attached hydrogens (tertiary/aromatic N) is 5. The van der Waals surface area contributed by atoms with Gasteiger partial charge < -0.3 is 4.90 Å². The molecule has 0 aliphatic rings. The van der Waals surface area contributed by atoms with Gasteiger partial charge in [0.1, 0.15) is 0 Å². The van der Waals surface area contributed by atoms with Crippen LogP contribution < -0.4 is 4.90 Å². The lowest BCUT2D eigenvalue weighted by Gasteiger charge is -2.26. The van der Waals surface area contributed by atoms with E-state index in [2.05, 4.69) is 21.6 Å². The van der Waals surface area contributed by atoms with E-state index in [0.29, 0.717) is 5.16 Å². The molecule has 6 nitrogen and oxygen atoms in total. The lowest BCUT2D eigenvalue weighted by molar-refractivity contribution is -0.116. The maximum absolute atomic E-state index is 12.9. The van der Waals surface area contributed by atoms with Gasteiger partial charge >= 0.3 is 0 Å². The van der Waals surface area contributed by atoms with Gasteiger partial charge in [0.15, 0.2) is 0 Å². The van der Waals surface area contributed by atoms with Crippen molar-refractivity contribution in [2.75, 3.05) is 10.7 Å². The van der Waals surface area contributed by atoms with Crippen LogP contribution in [-0.4, -0.2) is 37.9 Å². The molecule has 0 radical (unpaired) electrons. The molecule has 3 rings (SSSR count). The summed E-state index contributed by atoms with van der Waals surface area (Å²) < 4.78 is 1.70. The molecule has 7 heteroatoms. The van der Waals surface area contributed by atoms with E-state index < -0.39 is 0 Å². The highest BCUT2D eigenvalue weighted by Gasteiger charge is 2.21. The van der Waals surface area contributed by atoms with Crippen molar-refractivity contribution in [1.82, 2.24) is 20.2 Å². The van der Waals surface area contributed by atoms with Crippen LogP contribution in [0.2, 0.25) is 0 Å². The molecule has 0 bridgehead atoms. The molecule has 0 saturated heterocycles. The lowest BCUT2D eigenvalue weighted by Crippen LogP contribution is -2.38. The minimum Gasteiger partial charge on any atom is -0.309 e. The molecule has 1 aromatic heterocycles. The van der Waals surface area contributed by atoms with Gasteiger partial charge in [-0.1, -0.05) is 42.1 Å². The molecule has 27 heavy (non-hydrogen) atoms. The van der Waals surface area contributed by atoms with Gasteiger partial charge in [0.2, 0.25) is 11.1 Å². The summed E-state index contributed by atoms with van der Waals surface area (Å²) in [7, 11) is 0. The fourth-order valence-electron chi connectivity index (χ4n) is 2.88. The van der Waals surface area contributed by atoms with Crippen molar-refractivity contribution in [2.45, 2.75) is 38.9 Å². The molecule has 1 heterocycles. The first-order valence-electron chi connectivity index (χ1n) is 8.83. The van der Waals surface area contributed by atoms with E-state index in [-0.39, 0.29) is 17.7 Å². The number of benzene rings is 2. The average Bonchev–Trinajstić information content (AvgIpc) is 3.11. The van der Waals surface area contributed by atoms with Crippen molar-refractivity contribution in [2.24, 2.45) is 0 Å². The third-order valence-corrected chi connectivity index (χ3v) is 5.08. The maximum atomic E-state index is 12.9. The van der Waals surface area contributed by atoms with Crippen LogP contribution >= 0.6 is 11.8 Å². The summed E-state index contributed by atoms with van der Waals surface area (Å²) in [4.78, 5) is 14.7. The third-order valence-electron chi connectivity index (χ3n) is 4.18. The van der Waals surface area contributed by atoms with Crippen LogP contribution in [0.15, 0.2) is 53.7 Å². The first kappa shape index (κ1) is 19.1. The van der Waals surface area contributed by atoms with E-state index in [0.717, 1.165) is 22.5 Å². The van der Waals surface area contributed by atoms with Crippen LogP contribution in [0.25, 0.3) is 5.69 Å². The summed E-state index contributed by atoms with van der Waals surface area (Å²) in [5, 5.41) is 12.6. The van der Waals surface area contributed by atoms with Gasteiger partial charge in [0.05, 0.1) is 11.4 Å². The van der Waals surface area contributed by atoms with Gasteiger partial charge in [-0.05, 0) is 67.4 Å². The number of tetrazole rings is 1. The Kier molecular flexibility index (Phi) is 5.91. The number of thioether (sulfide) groups is 1. The number of amides is 1.